The Bertz CT molecular complexity index is 717. The van der Waals surface area contributed by atoms with Crippen molar-refractivity contribution in [3.8, 4) is 5.75 Å². The maximum atomic E-state index is 13.7. The molecule has 1 aliphatic rings. The van der Waals surface area contributed by atoms with Crippen LogP contribution < -0.4 is 15.4 Å². The summed E-state index contributed by atoms with van der Waals surface area (Å²) in [6.45, 7) is 1.77. The zero-order valence-electron chi connectivity index (χ0n) is 12.8. The molecule has 3 rings (SSSR count). The van der Waals surface area contributed by atoms with E-state index in [1.165, 1.54) is 30.6 Å². The van der Waals surface area contributed by atoms with Crippen molar-refractivity contribution in [2.45, 2.75) is 31.7 Å². The second-order valence-electron chi connectivity index (χ2n) is 5.43. The van der Waals surface area contributed by atoms with Gasteiger partial charge in [-0.2, -0.15) is 0 Å². The average molecular weight is 336 g/mol. The number of urea groups is 1. The van der Waals surface area contributed by atoms with E-state index in [1.54, 1.807) is 13.0 Å². The molecular weight excluding hydrogens is 319 g/mol. The predicted molar refractivity (Wildman–Crippen MR) is 85.4 cm³/mol. The van der Waals surface area contributed by atoms with Crippen LogP contribution in [0.4, 0.5) is 14.3 Å². The molecular formula is C15H17FN4O2S. The highest BCUT2D eigenvalue weighted by atomic mass is 32.1. The van der Waals surface area contributed by atoms with Gasteiger partial charge in [-0.25, -0.2) is 9.18 Å². The number of amides is 2. The van der Waals surface area contributed by atoms with Gasteiger partial charge in [-0.15, -0.1) is 10.2 Å². The lowest BCUT2D eigenvalue weighted by atomic mass is 10.1. The second kappa shape index (κ2) is 6.49. The van der Waals surface area contributed by atoms with E-state index in [2.05, 4.69) is 20.8 Å². The number of halogens is 1. The van der Waals surface area contributed by atoms with Crippen molar-refractivity contribution < 1.29 is 13.9 Å². The van der Waals surface area contributed by atoms with Gasteiger partial charge >= 0.3 is 6.03 Å². The number of benzene rings is 1. The molecule has 1 saturated carbocycles. The van der Waals surface area contributed by atoms with Crippen molar-refractivity contribution in [3.05, 3.63) is 34.6 Å². The number of aromatic nitrogens is 2. The van der Waals surface area contributed by atoms with Crippen LogP contribution in [0.1, 0.15) is 42.3 Å². The number of rotatable bonds is 5. The molecule has 0 bridgehead atoms. The lowest BCUT2D eigenvalue weighted by Crippen LogP contribution is -2.31. The SMILES string of the molecule is COc1ccc([C@@H](C)NC(=O)Nc2nnc(C3CC3)s2)cc1F. The standard InChI is InChI=1S/C15H17FN4O2S/c1-8(10-5-6-12(22-2)11(16)7-10)17-14(21)18-15-20-19-13(23-15)9-3-4-9/h5-9H,3-4H2,1-2H3,(H2,17,18,20,21)/t8-/m1/s1. The molecule has 1 aliphatic carbocycles. The normalized spacial score (nSPS) is 15.1. The van der Waals surface area contributed by atoms with Gasteiger partial charge in [0.05, 0.1) is 13.2 Å². The molecule has 1 heterocycles. The number of nitrogens with zero attached hydrogens (tertiary/aromatic N) is 2. The van der Waals surface area contributed by atoms with Crippen molar-refractivity contribution in [3.63, 3.8) is 0 Å². The predicted octanol–water partition coefficient (Wildman–Crippen LogP) is 3.45. The number of ether oxygens (including phenoxy) is 1. The quantitative estimate of drug-likeness (QED) is 0.877. The molecule has 2 amide bonds. The fourth-order valence-electron chi connectivity index (χ4n) is 2.15. The van der Waals surface area contributed by atoms with Crippen LogP contribution in [0.25, 0.3) is 0 Å². The first-order chi connectivity index (χ1) is 11.1. The lowest BCUT2D eigenvalue weighted by Gasteiger charge is -2.15. The van der Waals surface area contributed by atoms with E-state index in [0.29, 0.717) is 16.6 Å². The van der Waals surface area contributed by atoms with E-state index in [-0.39, 0.29) is 11.8 Å². The summed E-state index contributed by atoms with van der Waals surface area (Å²) in [7, 11) is 1.41. The minimum Gasteiger partial charge on any atom is -0.494 e. The summed E-state index contributed by atoms with van der Waals surface area (Å²) in [5.74, 6) is 0.219. The van der Waals surface area contributed by atoms with Crippen molar-refractivity contribution in [1.82, 2.24) is 15.5 Å². The molecule has 0 unspecified atom stereocenters. The van der Waals surface area contributed by atoms with Crippen LogP contribution in [0.5, 0.6) is 5.75 Å². The summed E-state index contributed by atoms with van der Waals surface area (Å²) in [4.78, 5) is 12.0. The van der Waals surface area contributed by atoms with Crippen LogP contribution in [-0.4, -0.2) is 23.3 Å². The first kappa shape index (κ1) is 15.7. The molecule has 2 N–H and O–H groups in total. The maximum Gasteiger partial charge on any atom is 0.321 e. The van der Waals surface area contributed by atoms with Crippen molar-refractivity contribution in [1.29, 1.82) is 0 Å². The van der Waals surface area contributed by atoms with Gasteiger partial charge in [0, 0.05) is 5.92 Å². The van der Waals surface area contributed by atoms with Gasteiger partial charge in [0.15, 0.2) is 11.6 Å². The molecule has 6 nitrogen and oxygen atoms in total. The Kier molecular flexibility index (Phi) is 4.42. The summed E-state index contributed by atoms with van der Waals surface area (Å²) < 4.78 is 18.6. The van der Waals surface area contributed by atoms with Gasteiger partial charge in [-0.1, -0.05) is 17.4 Å². The van der Waals surface area contributed by atoms with Gasteiger partial charge in [0.2, 0.25) is 5.13 Å². The molecule has 2 aromatic rings. The third kappa shape index (κ3) is 3.76. The molecule has 1 aromatic carbocycles. The largest absolute Gasteiger partial charge is 0.494 e. The van der Waals surface area contributed by atoms with Gasteiger partial charge in [0.25, 0.3) is 0 Å². The Morgan fingerprint density at radius 2 is 2.22 bits per heavy atom. The zero-order chi connectivity index (χ0) is 16.4. The van der Waals surface area contributed by atoms with Gasteiger partial charge in [-0.05, 0) is 37.5 Å². The Morgan fingerprint density at radius 3 is 2.87 bits per heavy atom. The highest BCUT2D eigenvalue weighted by molar-refractivity contribution is 7.15. The summed E-state index contributed by atoms with van der Waals surface area (Å²) in [5.41, 5.74) is 0.648. The lowest BCUT2D eigenvalue weighted by molar-refractivity contribution is 0.249. The molecule has 0 spiro atoms. The van der Waals surface area contributed by atoms with Crippen LogP contribution in [0, 0.1) is 5.82 Å². The molecule has 0 saturated heterocycles. The van der Waals surface area contributed by atoms with E-state index in [9.17, 15) is 9.18 Å². The maximum absolute atomic E-state index is 13.7. The molecule has 122 valence electrons. The highest BCUT2D eigenvalue weighted by Gasteiger charge is 2.27. The number of hydrogen-bond donors (Lipinski definition) is 2. The van der Waals surface area contributed by atoms with Crippen molar-refractivity contribution in [2.75, 3.05) is 12.4 Å². The molecule has 8 heteroatoms. The summed E-state index contributed by atoms with van der Waals surface area (Å²) in [6, 6.07) is 3.84. The molecule has 0 radical (unpaired) electrons. The van der Waals surface area contributed by atoms with E-state index >= 15 is 0 Å². The minimum absolute atomic E-state index is 0.173. The smallest absolute Gasteiger partial charge is 0.321 e. The average Bonchev–Trinajstić information content (AvgIpc) is 3.27. The number of carbonyl (C=O) groups excluding carboxylic acids is 1. The third-order valence-electron chi connectivity index (χ3n) is 3.61. The van der Waals surface area contributed by atoms with E-state index in [1.807, 2.05) is 0 Å². The van der Waals surface area contributed by atoms with E-state index < -0.39 is 11.8 Å². The third-order valence-corrected chi connectivity index (χ3v) is 4.61. The van der Waals surface area contributed by atoms with Crippen LogP contribution in [-0.2, 0) is 0 Å². The zero-order valence-corrected chi connectivity index (χ0v) is 13.6. The topological polar surface area (TPSA) is 76.1 Å². The number of carbonyl (C=O) groups is 1. The Hall–Kier alpha value is -2.22. The number of nitrogens with one attached hydrogen (secondary N) is 2. The van der Waals surface area contributed by atoms with Gasteiger partial charge in [-0.3, -0.25) is 5.32 Å². The van der Waals surface area contributed by atoms with Gasteiger partial charge in [0.1, 0.15) is 5.01 Å². The molecule has 1 fully saturated rings. The number of anilines is 1. The fourth-order valence-corrected chi connectivity index (χ4v) is 3.05. The van der Waals surface area contributed by atoms with Crippen LogP contribution >= 0.6 is 11.3 Å². The summed E-state index contributed by atoms with van der Waals surface area (Å²) in [6.07, 6.45) is 2.28. The van der Waals surface area contributed by atoms with Crippen LogP contribution in [0.15, 0.2) is 18.2 Å². The highest BCUT2D eigenvalue weighted by Crippen LogP contribution is 2.42. The monoisotopic (exact) mass is 336 g/mol. The van der Waals surface area contributed by atoms with E-state index in [0.717, 1.165) is 17.8 Å². The first-order valence-corrected chi connectivity index (χ1v) is 8.13. The second-order valence-corrected chi connectivity index (χ2v) is 6.44. The number of hydrogen-bond acceptors (Lipinski definition) is 5. The van der Waals surface area contributed by atoms with Crippen LogP contribution in [0.3, 0.4) is 0 Å². The fraction of sp³-hybridized carbons (Fsp3) is 0.400. The summed E-state index contributed by atoms with van der Waals surface area (Å²) >= 11 is 1.39. The van der Waals surface area contributed by atoms with Gasteiger partial charge < -0.3 is 10.1 Å². The van der Waals surface area contributed by atoms with Crippen molar-refractivity contribution >= 4 is 22.5 Å². The Morgan fingerprint density at radius 1 is 1.43 bits per heavy atom. The molecule has 1 aromatic heterocycles. The van der Waals surface area contributed by atoms with Crippen LogP contribution in [0.2, 0.25) is 0 Å². The Balaban J connectivity index is 1.58. The summed E-state index contributed by atoms with van der Waals surface area (Å²) in [5, 5.41) is 14.9. The molecule has 1 atom stereocenters. The van der Waals surface area contributed by atoms with Crippen molar-refractivity contribution in [2.24, 2.45) is 0 Å². The first-order valence-electron chi connectivity index (χ1n) is 7.31. The molecule has 23 heavy (non-hydrogen) atoms. The Labute approximate surface area is 137 Å². The van der Waals surface area contributed by atoms with E-state index in [4.69, 9.17) is 4.74 Å². The minimum atomic E-state index is -0.461. The molecule has 0 aliphatic heterocycles. The number of methoxy groups -OCH3 is 1.